The van der Waals surface area contributed by atoms with Gasteiger partial charge in [0.15, 0.2) is 6.61 Å². The molecule has 0 aliphatic carbocycles. The third kappa shape index (κ3) is 5.03. The number of hydrogen-bond acceptors (Lipinski definition) is 3. The SMILES string of the molecule is CCC(C)(C)NC(=O)COc1ccc(C=O)cc1Br. The Kier molecular flexibility index (Phi) is 5.54. The number of halogens is 1. The van der Waals surface area contributed by atoms with Gasteiger partial charge in [-0.2, -0.15) is 0 Å². The van der Waals surface area contributed by atoms with Crippen LogP contribution in [0.1, 0.15) is 37.6 Å². The normalized spacial score (nSPS) is 10.9. The average Bonchev–Trinajstić information content (AvgIpc) is 2.36. The van der Waals surface area contributed by atoms with Crippen molar-refractivity contribution >= 4 is 28.1 Å². The molecule has 1 aromatic rings. The highest BCUT2D eigenvalue weighted by Crippen LogP contribution is 2.25. The van der Waals surface area contributed by atoms with Crippen molar-refractivity contribution in [1.82, 2.24) is 5.32 Å². The maximum absolute atomic E-state index is 11.7. The van der Waals surface area contributed by atoms with Crippen molar-refractivity contribution in [3.8, 4) is 5.75 Å². The van der Waals surface area contributed by atoms with Crippen LogP contribution < -0.4 is 10.1 Å². The van der Waals surface area contributed by atoms with Crippen molar-refractivity contribution in [1.29, 1.82) is 0 Å². The van der Waals surface area contributed by atoms with E-state index in [0.29, 0.717) is 15.8 Å². The van der Waals surface area contributed by atoms with Gasteiger partial charge in [0.25, 0.3) is 5.91 Å². The van der Waals surface area contributed by atoms with Gasteiger partial charge in [0, 0.05) is 11.1 Å². The number of amides is 1. The Morgan fingerprint density at radius 2 is 2.16 bits per heavy atom. The lowest BCUT2D eigenvalue weighted by Gasteiger charge is -2.24. The summed E-state index contributed by atoms with van der Waals surface area (Å²) in [7, 11) is 0. The first kappa shape index (κ1) is 15.7. The molecule has 0 spiro atoms. The molecule has 0 saturated heterocycles. The second kappa shape index (κ2) is 6.70. The highest BCUT2D eigenvalue weighted by Gasteiger charge is 2.18. The number of aldehydes is 1. The Hall–Kier alpha value is -1.36. The van der Waals surface area contributed by atoms with Crippen LogP contribution in [0.5, 0.6) is 5.75 Å². The van der Waals surface area contributed by atoms with Crippen LogP contribution in [0.3, 0.4) is 0 Å². The highest BCUT2D eigenvalue weighted by molar-refractivity contribution is 9.10. The first-order valence-electron chi connectivity index (χ1n) is 6.06. The third-order valence-electron chi connectivity index (χ3n) is 2.81. The van der Waals surface area contributed by atoms with Gasteiger partial charge < -0.3 is 10.1 Å². The minimum absolute atomic E-state index is 0.0531. The summed E-state index contributed by atoms with van der Waals surface area (Å²) in [5, 5.41) is 2.88. The molecule has 19 heavy (non-hydrogen) atoms. The van der Waals surface area contributed by atoms with Gasteiger partial charge >= 0.3 is 0 Å². The number of benzene rings is 1. The Bertz CT molecular complexity index is 472. The van der Waals surface area contributed by atoms with Crippen LogP contribution in [0, 0.1) is 0 Å². The van der Waals surface area contributed by atoms with Crippen LogP contribution in [0.15, 0.2) is 22.7 Å². The molecular formula is C14H18BrNO3. The van der Waals surface area contributed by atoms with Crippen molar-refractivity contribution in [3.63, 3.8) is 0 Å². The zero-order valence-electron chi connectivity index (χ0n) is 11.3. The molecule has 4 nitrogen and oxygen atoms in total. The molecule has 0 aliphatic heterocycles. The summed E-state index contributed by atoms with van der Waals surface area (Å²) >= 11 is 3.30. The van der Waals surface area contributed by atoms with Crippen molar-refractivity contribution < 1.29 is 14.3 Å². The molecule has 0 atom stereocenters. The summed E-state index contributed by atoms with van der Waals surface area (Å²) in [6.07, 6.45) is 1.60. The van der Waals surface area contributed by atoms with Crippen molar-refractivity contribution in [3.05, 3.63) is 28.2 Å². The molecule has 104 valence electrons. The van der Waals surface area contributed by atoms with Crippen molar-refractivity contribution in [2.24, 2.45) is 0 Å². The minimum Gasteiger partial charge on any atom is -0.483 e. The fraction of sp³-hybridized carbons (Fsp3) is 0.429. The van der Waals surface area contributed by atoms with Crippen LogP contribution in [-0.2, 0) is 4.79 Å². The van der Waals surface area contributed by atoms with Crippen LogP contribution in [0.2, 0.25) is 0 Å². The predicted molar refractivity (Wildman–Crippen MR) is 77.5 cm³/mol. The van der Waals surface area contributed by atoms with Gasteiger partial charge in [0.05, 0.1) is 4.47 Å². The lowest BCUT2D eigenvalue weighted by atomic mass is 10.0. The summed E-state index contributed by atoms with van der Waals surface area (Å²) < 4.78 is 6.07. The Morgan fingerprint density at radius 1 is 1.47 bits per heavy atom. The van der Waals surface area contributed by atoms with E-state index >= 15 is 0 Å². The van der Waals surface area contributed by atoms with E-state index in [2.05, 4.69) is 21.2 Å². The summed E-state index contributed by atoms with van der Waals surface area (Å²) in [6.45, 7) is 5.87. The number of nitrogens with one attached hydrogen (secondary N) is 1. The van der Waals surface area contributed by atoms with Gasteiger partial charge in [-0.05, 0) is 54.4 Å². The fourth-order valence-corrected chi connectivity index (χ4v) is 1.86. The van der Waals surface area contributed by atoms with Gasteiger partial charge in [0.2, 0.25) is 0 Å². The second-order valence-electron chi connectivity index (χ2n) is 4.88. The molecule has 1 amide bonds. The van der Waals surface area contributed by atoms with Crippen molar-refractivity contribution in [2.75, 3.05) is 6.61 Å². The standard InChI is InChI=1S/C14H18BrNO3/c1-4-14(2,3)16-13(18)9-19-12-6-5-10(8-17)7-11(12)15/h5-8H,4,9H2,1-3H3,(H,16,18). The van der Waals surface area contributed by atoms with Crippen LogP contribution >= 0.6 is 15.9 Å². The van der Waals surface area contributed by atoms with E-state index in [1.165, 1.54) is 0 Å². The van der Waals surface area contributed by atoms with Crippen LogP contribution in [0.4, 0.5) is 0 Å². The lowest BCUT2D eigenvalue weighted by molar-refractivity contribution is -0.124. The number of carbonyl (C=O) groups excluding carboxylic acids is 2. The molecule has 0 unspecified atom stereocenters. The molecule has 0 saturated carbocycles. The van der Waals surface area contributed by atoms with Crippen molar-refractivity contribution in [2.45, 2.75) is 32.7 Å². The first-order valence-corrected chi connectivity index (χ1v) is 6.86. The number of carbonyl (C=O) groups is 2. The van der Waals surface area contributed by atoms with Gasteiger partial charge in [-0.3, -0.25) is 9.59 Å². The summed E-state index contributed by atoms with van der Waals surface area (Å²) in [4.78, 5) is 22.3. The van der Waals surface area contributed by atoms with E-state index in [0.717, 1.165) is 12.7 Å². The largest absolute Gasteiger partial charge is 0.483 e. The molecule has 0 aliphatic rings. The molecule has 0 heterocycles. The van der Waals surface area contributed by atoms with E-state index in [4.69, 9.17) is 4.74 Å². The lowest BCUT2D eigenvalue weighted by Crippen LogP contribution is -2.44. The Balaban J connectivity index is 2.57. The molecule has 0 fully saturated rings. The maximum atomic E-state index is 11.7. The van der Waals surface area contributed by atoms with Gasteiger partial charge in [0.1, 0.15) is 12.0 Å². The molecule has 0 aromatic heterocycles. The molecule has 1 rings (SSSR count). The van der Waals surface area contributed by atoms with Crippen LogP contribution in [-0.4, -0.2) is 24.3 Å². The van der Waals surface area contributed by atoms with E-state index in [1.807, 2.05) is 20.8 Å². The topological polar surface area (TPSA) is 55.4 Å². The van der Waals surface area contributed by atoms with Gasteiger partial charge in [-0.15, -0.1) is 0 Å². The Labute approximate surface area is 121 Å². The molecule has 1 N–H and O–H groups in total. The number of rotatable bonds is 6. The highest BCUT2D eigenvalue weighted by atomic mass is 79.9. The molecule has 1 aromatic carbocycles. The van der Waals surface area contributed by atoms with E-state index in [9.17, 15) is 9.59 Å². The van der Waals surface area contributed by atoms with E-state index < -0.39 is 0 Å². The number of hydrogen-bond donors (Lipinski definition) is 1. The minimum atomic E-state index is -0.237. The Morgan fingerprint density at radius 3 is 2.68 bits per heavy atom. The smallest absolute Gasteiger partial charge is 0.258 e. The number of ether oxygens (including phenoxy) is 1. The zero-order valence-corrected chi connectivity index (χ0v) is 12.9. The monoisotopic (exact) mass is 327 g/mol. The zero-order chi connectivity index (χ0) is 14.5. The molecule has 0 bridgehead atoms. The quantitative estimate of drug-likeness (QED) is 0.817. The predicted octanol–water partition coefficient (Wildman–Crippen LogP) is 2.95. The summed E-state index contributed by atoms with van der Waals surface area (Å²) in [5.41, 5.74) is 0.315. The maximum Gasteiger partial charge on any atom is 0.258 e. The first-order chi connectivity index (χ1) is 8.88. The molecular weight excluding hydrogens is 310 g/mol. The molecule has 0 radical (unpaired) electrons. The second-order valence-corrected chi connectivity index (χ2v) is 5.74. The third-order valence-corrected chi connectivity index (χ3v) is 3.43. The van der Waals surface area contributed by atoms with E-state index in [1.54, 1.807) is 18.2 Å². The molecule has 5 heteroatoms. The summed E-state index contributed by atoms with van der Waals surface area (Å²) in [5.74, 6) is 0.369. The van der Waals surface area contributed by atoms with Crippen LogP contribution in [0.25, 0.3) is 0 Å². The summed E-state index contributed by atoms with van der Waals surface area (Å²) in [6, 6.07) is 4.95. The van der Waals surface area contributed by atoms with Gasteiger partial charge in [-0.1, -0.05) is 6.92 Å². The van der Waals surface area contributed by atoms with E-state index in [-0.39, 0.29) is 18.1 Å². The van der Waals surface area contributed by atoms with Gasteiger partial charge in [-0.25, -0.2) is 0 Å². The average molecular weight is 328 g/mol. The fourth-order valence-electron chi connectivity index (χ4n) is 1.35.